The molecule has 7 heteroatoms. The number of carbonyl (C=O) groups excluding carboxylic acids is 2. The molecular weight excluding hydrogens is 368 g/mol. The van der Waals surface area contributed by atoms with Crippen LogP contribution in [0.3, 0.4) is 0 Å². The molecule has 7 nitrogen and oxygen atoms in total. The topological polar surface area (TPSA) is 95.4 Å². The van der Waals surface area contributed by atoms with Gasteiger partial charge in [-0.15, -0.1) is 0 Å². The highest BCUT2D eigenvalue weighted by Crippen LogP contribution is 2.26. The Balaban J connectivity index is 1.42. The maximum Gasteiger partial charge on any atom is 0.229 e. The van der Waals surface area contributed by atoms with Crippen LogP contribution in [-0.2, 0) is 9.59 Å². The van der Waals surface area contributed by atoms with Crippen LogP contribution in [0.1, 0.15) is 12.0 Å². The molecule has 4 rings (SSSR count). The summed E-state index contributed by atoms with van der Waals surface area (Å²) in [5.41, 5.74) is 3.05. The van der Waals surface area contributed by atoms with Crippen LogP contribution in [0.25, 0.3) is 11.4 Å². The van der Waals surface area contributed by atoms with E-state index >= 15 is 0 Å². The van der Waals surface area contributed by atoms with Crippen LogP contribution in [-0.4, -0.2) is 33.4 Å². The van der Waals surface area contributed by atoms with Crippen LogP contribution in [0.2, 0.25) is 0 Å². The Morgan fingerprint density at radius 2 is 1.86 bits per heavy atom. The summed E-state index contributed by atoms with van der Waals surface area (Å²) < 4.78 is 0. The fraction of sp³-hybridized carbons (Fsp3) is 0.182. The van der Waals surface area contributed by atoms with Crippen molar-refractivity contribution in [2.45, 2.75) is 13.3 Å². The number of rotatable bonds is 4. The van der Waals surface area contributed by atoms with Gasteiger partial charge in [-0.3, -0.25) is 9.59 Å². The number of phenolic OH excluding ortho intramolecular Hbond substituents is 1. The molecule has 1 fully saturated rings. The summed E-state index contributed by atoms with van der Waals surface area (Å²) in [5, 5.41) is 12.3. The molecule has 2 amide bonds. The van der Waals surface area contributed by atoms with Gasteiger partial charge in [-0.1, -0.05) is 29.8 Å². The molecule has 0 bridgehead atoms. The van der Waals surface area contributed by atoms with Gasteiger partial charge in [0.1, 0.15) is 5.75 Å². The smallest absolute Gasteiger partial charge is 0.229 e. The van der Waals surface area contributed by atoms with Gasteiger partial charge in [0, 0.05) is 24.2 Å². The standard InChI is InChI=1S/C22H20N4O3/c1-14-5-7-18(8-6-14)26-13-16(10-20(26)28)22(29)25-17-11-23-21(24-12-17)15-3-2-4-19(27)9-15/h2-9,11-12,16,27H,10,13H2,1H3,(H,25,29). The van der Waals surface area contributed by atoms with Gasteiger partial charge in [-0.05, 0) is 31.2 Å². The number of aromatic hydroxyl groups is 1. The number of aryl methyl sites for hydroxylation is 1. The lowest BCUT2D eigenvalue weighted by atomic mass is 10.1. The molecule has 2 N–H and O–H groups in total. The summed E-state index contributed by atoms with van der Waals surface area (Å²) in [6, 6.07) is 14.3. The maximum absolute atomic E-state index is 12.6. The number of aromatic nitrogens is 2. The normalized spacial score (nSPS) is 16.1. The first-order valence-electron chi connectivity index (χ1n) is 9.29. The van der Waals surface area contributed by atoms with Crippen molar-refractivity contribution < 1.29 is 14.7 Å². The van der Waals surface area contributed by atoms with Crippen molar-refractivity contribution in [2.75, 3.05) is 16.8 Å². The molecule has 1 unspecified atom stereocenters. The average molecular weight is 388 g/mol. The zero-order chi connectivity index (χ0) is 20.4. The zero-order valence-electron chi connectivity index (χ0n) is 15.9. The molecule has 2 heterocycles. The maximum atomic E-state index is 12.6. The third kappa shape index (κ3) is 4.08. The first kappa shape index (κ1) is 18.6. The van der Waals surface area contributed by atoms with E-state index in [1.807, 2.05) is 31.2 Å². The number of phenols is 1. The van der Waals surface area contributed by atoms with Gasteiger partial charge < -0.3 is 15.3 Å². The van der Waals surface area contributed by atoms with Crippen LogP contribution in [0.5, 0.6) is 5.75 Å². The summed E-state index contributed by atoms with van der Waals surface area (Å²) in [6.07, 6.45) is 3.19. The Kier molecular flexibility index (Phi) is 4.95. The number of benzene rings is 2. The van der Waals surface area contributed by atoms with Crippen molar-refractivity contribution in [3.63, 3.8) is 0 Å². The zero-order valence-corrected chi connectivity index (χ0v) is 15.9. The summed E-state index contributed by atoms with van der Waals surface area (Å²) in [6.45, 7) is 2.33. The van der Waals surface area contributed by atoms with E-state index in [1.54, 1.807) is 29.2 Å². The van der Waals surface area contributed by atoms with Crippen molar-refractivity contribution in [3.05, 3.63) is 66.5 Å². The molecule has 3 aromatic rings. The van der Waals surface area contributed by atoms with Crippen molar-refractivity contribution in [1.29, 1.82) is 0 Å². The predicted molar refractivity (Wildman–Crippen MR) is 109 cm³/mol. The molecule has 0 radical (unpaired) electrons. The number of amides is 2. The van der Waals surface area contributed by atoms with E-state index in [1.165, 1.54) is 12.4 Å². The monoisotopic (exact) mass is 388 g/mol. The molecule has 0 aliphatic carbocycles. The Morgan fingerprint density at radius 3 is 2.55 bits per heavy atom. The lowest BCUT2D eigenvalue weighted by Crippen LogP contribution is -2.28. The first-order valence-corrected chi connectivity index (χ1v) is 9.29. The third-order valence-corrected chi connectivity index (χ3v) is 4.87. The van der Waals surface area contributed by atoms with Crippen molar-refractivity contribution in [2.24, 2.45) is 5.92 Å². The van der Waals surface area contributed by atoms with Crippen LogP contribution in [0, 0.1) is 12.8 Å². The molecular formula is C22H20N4O3. The molecule has 1 atom stereocenters. The minimum Gasteiger partial charge on any atom is -0.508 e. The van der Waals surface area contributed by atoms with Crippen molar-refractivity contribution in [1.82, 2.24) is 9.97 Å². The fourth-order valence-electron chi connectivity index (χ4n) is 3.29. The number of hydrogen-bond donors (Lipinski definition) is 2. The molecule has 146 valence electrons. The molecule has 2 aromatic carbocycles. The van der Waals surface area contributed by atoms with E-state index in [-0.39, 0.29) is 24.0 Å². The van der Waals surface area contributed by atoms with E-state index in [2.05, 4.69) is 15.3 Å². The van der Waals surface area contributed by atoms with Gasteiger partial charge in [0.05, 0.1) is 24.0 Å². The van der Waals surface area contributed by atoms with E-state index in [9.17, 15) is 14.7 Å². The second-order valence-corrected chi connectivity index (χ2v) is 7.08. The molecule has 1 aliphatic rings. The Morgan fingerprint density at radius 1 is 1.14 bits per heavy atom. The van der Waals surface area contributed by atoms with Crippen LogP contribution < -0.4 is 10.2 Å². The van der Waals surface area contributed by atoms with Crippen molar-refractivity contribution >= 4 is 23.2 Å². The van der Waals surface area contributed by atoms with Crippen LogP contribution in [0.4, 0.5) is 11.4 Å². The van der Waals surface area contributed by atoms with E-state index in [0.717, 1.165) is 11.3 Å². The SMILES string of the molecule is Cc1ccc(N2CC(C(=O)Nc3cnc(-c4cccc(O)c4)nc3)CC2=O)cc1. The molecule has 29 heavy (non-hydrogen) atoms. The quantitative estimate of drug-likeness (QED) is 0.716. The summed E-state index contributed by atoms with van der Waals surface area (Å²) >= 11 is 0. The van der Waals surface area contributed by atoms with Gasteiger partial charge in [0.15, 0.2) is 5.82 Å². The van der Waals surface area contributed by atoms with Gasteiger partial charge in [0.2, 0.25) is 11.8 Å². The minimum absolute atomic E-state index is 0.0653. The molecule has 1 aliphatic heterocycles. The highest BCUT2D eigenvalue weighted by molar-refractivity contribution is 6.03. The van der Waals surface area contributed by atoms with Gasteiger partial charge >= 0.3 is 0 Å². The van der Waals surface area contributed by atoms with Gasteiger partial charge in [-0.2, -0.15) is 0 Å². The van der Waals surface area contributed by atoms with Gasteiger partial charge in [0.25, 0.3) is 0 Å². The summed E-state index contributed by atoms with van der Waals surface area (Å²) in [4.78, 5) is 35.1. The Labute approximate surface area is 168 Å². The largest absolute Gasteiger partial charge is 0.508 e. The highest BCUT2D eigenvalue weighted by atomic mass is 16.3. The minimum atomic E-state index is -0.436. The Hall–Kier alpha value is -3.74. The molecule has 1 aromatic heterocycles. The lowest BCUT2D eigenvalue weighted by Gasteiger charge is -2.17. The number of nitrogens with one attached hydrogen (secondary N) is 1. The second kappa shape index (κ2) is 7.71. The van der Waals surface area contributed by atoms with Crippen LogP contribution >= 0.6 is 0 Å². The Bertz CT molecular complexity index is 1050. The second-order valence-electron chi connectivity index (χ2n) is 7.08. The van der Waals surface area contributed by atoms with E-state index in [0.29, 0.717) is 23.6 Å². The highest BCUT2D eigenvalue weighted by Gasteiger charge is 2.35. The average Bonchev–Trinajstić information content (AvgIpc) is 3.11. The van der Waals surface area contributed by atoms with Crippen LogP contribution in [0.15, 0.2) is 60.9 Å². The van der Waals surface area contributed by atoms with E-state index in [4.69, 9.17) is 0 Å². The fourth-order valence-corrected chi connectivity index (χ4v) is 3.29. The number of nitrogens with zero attached hydrogens (tertiary/aromatic N) is 3. The van der Waals surface area contributed by atoms with Gasteiger partial charge in [-0.25, -0.2) is 9.97 Å². The molecule has 1 saturated heterocycles. The predicted octanol–water partition coefficient (Wildman–Crippen LogP) is 3.15. The summed E-state index contributed by atoms with van der Waals surface area (Å²) in [7, 11) is 0. The third-order valence-electron chi connectivity index (χ3n) is 4.87. The molecule has 0 saturated carbocycles. The lowest BCUT2D eigenvalue weighted by molar-refractivity contribution is -0.122. The number of anilines is 2. The first-order chi connectivity index (χ1) is 14.0. The number of hydrogen-bond acceptors (Lipinski definition) is 5. The van der Waals surface area contributed by atoms with E-state index < -0.39 is 5.92 Å². The molecule has 0 spiro atoms. The van der Waals surface area contributed by atoms with Crippen molar-refractivity contribution in [3.8, 4) is 17.1 Å². The number of carbonyl (C=O) groups is 2. The summed E-state index contributed by atoms with van der Waals surface area (Å²) in [5.74, 6) is -0.159.